The van der Waals surface area contributed by atoms with E-state index in [2.05, 4.69) is 10.2 Å². The number of esters is 1. The SMILES string of the molecule is CCOC(=O)c1nn(CCN(CC)C(=O)OCc2ccccc2)nc1C. The molecular weight excluding hydrogens is 336 g/mol. The van der Waals surface area contributed by atoms with Crippen LogP contribution in [0.2, 0.25) is 0 Å². The molecule has 0 spiro atoms. The van der Waals surface area contributed by atoms with Gasteiger partial charge in [0.15, 0.2) is 5.69 Å². The van der Waals surface area contributed by atoms with E-state index < -0.39 is 12.1 Å². The summed E-state index contributed by atoms with van der Waals surface area (Å²) in [6.45, 7) is 7.03. The Hall–Kier alpha value is -2.90. The first-order valence-corrected chi connectivity index (χ1v) is 8.59. The Balaban J connectivity index is 1.88. The number of ether oxygens (including phenoxy) is 2. The number of likely N-dealkylation sites (N-methyl/N-ethyl adjacent to an activating group) is 1. The zero-order valence-electron chi connectivity index (χ0n) is 15.3. The summed E-state index contributed by atoms with van der Waals surface area (Å²) in [5, 5.41) is 8.34. The molecule has 0 atom stereocenters. The monoisotopic (exact) mass is 360 g/mol. The molecule has 0 N–H and O–H groups in total. The first kappa shape index (κ1) is 19.4. The first-order valence-electron chi connectivity index (χ1n) is 8.59. The molecule has 2 aromatic rings. The van der Waals surface area contributed by atoms with E-state index in [1.807, 2.05) is 37.3 Å². The van der Waals surface area contributed by atoms with E-state index in [-0.39, 0.29) is 18.9 Å². The molecule has 0 radical (unpaired) electrons. The second-order valence-electron chi connectivity index (χ2n) is 5.57. The van der Waals surface area contributed by atoms with E-state index in [0.717, 1.165) is 5.56 Å². The van der Waals surface area contributed by atoms with E-state index in [9.17, 15) is 9.59 Å². The largest absolute Gasteiger partial charge is 0.461 e. The highest BCUT2D eigenvalue weighted by Gasteiger charge is 2.18. The van der Waals surface area contributed by atoms with Crippen molar-refractivity contribution in [2.75, 3.05) is 19.7 Å². The van der Waals surface area contributed by atoms with Gasteiger partial charge in [-0.2, -0.15) is 9.90 Å². The normalized spacial score (nSPS) is 10.4. The van der Waals surface area contributed by atoms with Gasteiger partial charge in [-0.3, -0.25) is 0 Å². The van der Waals surface area contributed by atoms with E-state index in [0.29, 0.717) is 25.3 Å². The van der Waals surface area contributed by atoms with Crippen molar-refractivity contribution >= 4 is 12.1 Å². The molecule has 1 amide bonds. The van der Waals surface area contributed by atoms with Crippen LogP contribution in [0.3, 0.4) is 0 Å². The number of nitrogens with zero attached hydrogens (tertiary/aromatic N) is 4. The molecule has 0 aliphatic carbocycles. The van der Waals surface area contributed by atoms with E-state index in [1.54, 1.807) is 18.7 Å². The lowest BCUT2D eigenvalue weighted by molar-refractivity contribution is 0.0517. The number of amides is 1. The number of carbonyl (C=O) groups excluding carboxylic acids is 2. The Kier molecular flexibility index (Phi) is 7.13. The van der Waals surface area contributed by atoms with Gasteiger partial charge < -0.3 is 14.4 Å². The van der Waals surface area contributed by atoms with E-state index in [4.69, 9.17) is 9.47 Å². The quantitative estimate of drug-likeness (QED) is 0.672. The van der Waals surface area contributed by atoms with Gasteiger partial charge in [-0.1, -0.05) is 30.3 Å². The summed E-state index contributed by atoms with van der Waals surface area (Å²) in [7, 11) is 0. The first-order chi connectivity index (χ1) is 12.5. The molecule has 1 aromatic heterocycles. The van der Waals surface area contributed by atoms with Crippen molar-refractivity contribution in [3.05, 3.63) is 47.3 Å². The van der Waals surface area contributed by atoms with Crippen LogP contribution < -0.4 is 0 Å². The van der Waals surface area contributed by atoms with Crippen LogP contribution in [-0.2, 0) is 22.6 Å². The summed E-state index contributed by atoms with van der Waals surface area (Å²) >= 11 is 0. The Morgan fingerprint density at radius 1 is 1.12 bits per heavy atom. The van der Waals surface area contributed by atoms with Gasteiger partial charge in [0, 0.05) is 13.1 Å². The van der Waals surface area contributed by atoms with Crippen molar-refractivity contribution < 1.29 is 19.1 Å². The predicted molar refractivity (Wildman–Crippen MR) is 94.6 cm³/mol. The molecule has 0 unspecified atom stereocenters. The van der Waals surface area contributed by atoms with Crippen molar-refractivity contribution in [3.8, 4) is 0 Å². The fraction of sp³-hybridized carbons (Fsp3) is 0.444. The van der Waals surface area contributed by atoms with Crippen molar-refractivity contribution in [1.82, 2.24) is 19.9 Å². The van der Waals surface area contributed by atoms with Crippen molar-refractivity contribution in [3.63, 3.8) is 0 Å². The molecule has 0 fully saturated rings. The molecular formula is C18H24N4O4. The zero-order valence-corrected chi connectivity index (χ0v) is 15.3. The fourth-order valence-electron chi connectivity index (χ4n) is 2.32. The van der Waals surface area contributed by atoms with Crippen LogP contribution in [0.5, 0.6) is 0 Å². The van der Waals surface area contributed by atoms with Gasteiger partial charge in [-0.05, 0) is 26.3 Å². The summed E-state index contributed by atoms with van der Waals surface area (Å²) in [6.07, 6.45) is -0.397. The van der Waals surface area contributed by atoms with Gasteiger partial charge in [0.2, 0.25) is 0 Å². The maximum absolute atomic E-state index is 12.2. The standard InChI is InChI=1S/C18H24N4O4/c1-4-21(18(24)26-13-15-9-7-6-8-10-15)11-12-22-19-14(3)16(20-22)17(23)25-5-2/h6-10H,4-5,11-13H2,1-3H3. The molecule has 26 heavy (non-hydrogen) atoms. The van der Waals surface area contributed by atoms with Gasteiger partial charge in [0.05, 0.1) is 18.8 Å². The van der Waals surface area contributed by atoms with Gasteiger partial charge in [0.1, 0.15) is 6.61 Å². The maximum Gasteiger partial charge on any atom is 0.410 e. The fourth-order valence-corrected chi connectivity index (χ4v) is 2.32. The lowest BCUT2D eigenvalue weighted by atomic mass is 10.2. The minimum Gasteiger partial charge on any atom is -0.461 e. The molecule has 0 saturated carbocycles. The molecule has 0 aliphatic heterocycles. The number of carbonyl (C=O) groups is 2. The molecule has 8 nitrogen and oxygen atoms in total. The molecule has 1 aromatic carbocycles. The van der Waals surface area contributed by atoms with Crippen LogP contribution in [0.25, 0.3) is 0 Å². The molecule has 0 bridgehead atoms. The number of aryl methyl sites for hydroxylation is 1. The molecule has 2 rings (SSSR count). The zero-order chi connectivity index (χ0) is 18.9. The maximum atomic E-state index is 12.2. The van der Waals surface area contributed by atoms with Crippen LogP contribution in [0, 0.1) is 6.92 Å². The average Bonchev–Trinajstić information content (AvgIpc) is 3.02. The number of hydrogen-bond acceptors (Lipinski definition) is 6. The number of aromatic nitrogens is 3. The lowest BCUT2D eigenvalue weighted by Crippen LogP contribution is -2.34. The number of rotatable bonds is 8. The lowest BCUT2D eigenvalue weighted by Gasteiger charge is -2.20. The Morgan fingerprint density at radius 2 is 1.85 bits per heavy atom. The van der Waals surface area contributed by atoms with Crippen molar-refractivity contribution in [2.45, 2.75) is 33.9 Å². The highest BCUT2D eigenvalue weighted by Crippen LogP contribution is 2.06. The highest BCUT2D eigenvalue weighted by atomic mass is 16.6. The smallest absolute Gasteiger partial charge is 0.410 e. The highest BCUT2D eigenvalue weighted by molar-refractivity contribution is 5.88. The summed E-state index contributed by atoms with van der Waals surface area (Å²) < 4.78 is 10.3. The van der Waals surface area contributed by atoms with Crippen LogP contribution >= 0.6 is 0 Å². The van der Waals surface area contributed by atoms with Crippen molar-refractivity contribution in [1.29, 1.82) is 0 Å². The number of hydrogen-bond donors (Lipinski definition) is 0. The van der Waals surface area contributed by atoms with E-state index >= 15 is 0 Å². The van der Waals surface area contributed by atoms with Gasteiger partial charge >= 0.3 is 12.1 Å². The summed E-state index contributed by atoms with van der Waals surface area (Å²) in [4.78, 5) is 27.0. The second kappa shape index (κ2) is 9.55. The van der Waals surface area contributed by atoms with Crippen LogP contribution in [-0.4, -0.2) is 51.7 Å². The molecule has 0 saturated heterocycles. The van der Waals surface area contributed by atoms with Crippen LogP contribution in [0.1, 0.15) is 35.6 Å². The Labute approximate surface area is 152 Å². The minimum atomic E-state index is -0.495. The Morgan fingerprint density at radius 3 is 2.50 bits per heavy atom. The van der Waals surface area contributed by atoms with Crippen LogP contribution in [0.15, 0.2) is 30.3 Å². The topological polar surface area (TPSA) is 86.6 Å². The molecule has 0 aliphatic rings. The molecule has 8 heteroatoms. The second-order valence-corrected chi connectivity index (χ2v) is 5.57. The molecule has 1 heterocycles. The molecule has 140 valence electrons. The third kappa shape index (κ3) is 5.30. The summed E-state index contributed by atoms with van der Waals surface area (Å²) in [5.41, 5.74) is 1.63. The summed E-state index contributed by atoms with van der Waals surface area (Å²) in [6, 6.07) is 9.50. The van der Waals surface area contributed by atoms with Gasteiger partial charge in [-0.15, -0.1) is 5.10 Å². The van der Waals surface area contributed by atoms with Crippen molar-refractivity contribution in [2.24, 2.45) is 0 Å². The average molecular weight is 360 g/mol. The minimum absolute atomic E-state index is 0.196. The number of benzene rings is 1. The van der Waals surface area contributed by atoms with Gasteiger partial charge in [-0.25, -0.2) is 9.59 Å². The Bertz CT molecular complexity index is 730. The predicted octanol–water partition coefficient (Wildman–Crippen LogP) is 2.42. The summed E-state index contributed by atoms with van der Waals surface area (Å²) in [5.74, 6) is -0.495. The third-order valence-corrected chi connectivity index (χ3v) is 3.71. The van der Waals surface area contributed by atoms with Gasteiger partial charge in [0.25, 0.3) is 0 Å². The van der Waals surface area contributed by atoms with E-state index in [1.165, 1.54) is 4.80 Å². The third-order valence-electron chi connectivity index (χ3n) is 3.71. The van der Waals surface area contributed by atoms with Crippen LogP contribution in [0.4, 0.5) is 4.79 Å².